The molecule has 3 heteroatoms. The van der Waals surface area contributed by atoms with Gasteiger partial charge in [0.05, 0.1) is 13.0 Å². The molecular formula is C24H25NO2. The molecule has 0 radical (unpaired) electrons. The van der Waals surface area contributed by atoms with Crippen molar-refractivity contribution in [3.63, 3.8) is 0 Å². The van der Waals surface area contributed by atoms with Crippen molar-refractivity contribution in [1.29, 1.82) is 0 Å². The number of hydrogen-bond donors (Lipinski definition) is 0. The van der Waals surface area contributed by atoms with E-state index in [1.807, 2.05) is 31.2 Å². The molecule has 0 heterocycles. The van der Waals surface area contributed by atoms with Crippen LogP contribution >= 0.6 is 0 Å². The molecule has 3 aromatic rings. The van der Waals surface area contributed by atoms with Crippen LogP contribution in [0, 0.1) is 0 Å². The molecule has 0 aliphatic carbocycles. The maximum absolute atomic E-state index is 11.7. The van der Waals surface area contributed by atoms with Gasteiger partial charge in [-0.05, 0) is 35.7 Å². The lowest BCUT2D eigenvalue weighted by molar-refractivity contribution is -0.142. The Kier molecular flexibility index (Phi) is 6.64. The van der Waals surface area contributed by atoms with Crippen LogP contribution in [0.15, 0.2) is 84.9 Å². The zero-order valence-electron chi connectivity index (χ0n) is 15.7. The van der Waals surface area contributed by atoms with Gasteiger partial charge in [0.25, 0.3) is 0 Å². The molecule has 0 fully saturated rings. The minimum absolute atomic E-state index is 0.185. The number of nitrogens with zero attached hydrogens (tertiary/aromatic N) is 1. The van der Waals surface area contributed by atoms with Crippen molar-refractivity contribution in [2.45, 2.75) is 26.4 Å². The molecule has 0 unspecified atom stereocenters. The number of carbonyl (C=O) groups excluding carboxylic acids is 1. The maximum atomic E-state index is 11.7. The Morgan fingerprint density at radius 3 is 1.74 bits per heavy atom. The molecule has 0 amide bonds. The predicted octanol–water partition coefficient (Wildman–Crippen LogP) is 5.00. The molecule has 0 aliphatic rings. The summed E-state index contributed by atoms with van der Waals surface area (Å²) >= 11 is 0. The number of rotatable bonds is 8. The zero-order chi connectivity index (χ0) is 18.9. The van der Waals surface area contributed by atoms with Crippen molar-refractivity contribution in [2.75, 3.05) is 11.5 Å². The smallest absolute Gasteiger partial charge is 0.310 e. The van der Waals surface area contributed by atoms with E-state index in [0.717, 1.165) is 24.3 Å². The first-order chi connectivity index (χ1) is 13.2. The van der Waals surface area contributed by atoms with Crippen LogP contribution < -0.4 is 4.90 Å². The summed E-state index contributed by atoms with van der Waals surface area (Å²) < 4.78 is 5.03. The average Bonchev–Trinajstić information content (AvgIpc) is 2.70. The largest absolute Gasteiger partial charge is 0.466 e. The summed E-state index contributed by atoms with van der Waals surface area (Å²) in [6.45, 7) is 3.89. The number of carbonyl (C=O) groups is 1. The van der Waals surface area contributed by atoms with Crippen molar-refractivity contribution in [2.24, 2.45) is 0 Å². The molecule has 0 bridgehead atoms. The lowest BCUT2D eigenvalue weighted by Crippen LogP contribution is -2.22. The van der Waals surface area contributed by atoms with Gasteiger partial charge in [0.2, 0.25) is 0 Å². The van der Waals surface area contributed by atoms with Gasteiger partial charge in [-0.2, -0.15) is 0 Å². The minimum Gasteiger partial charge on any atom is -0.466 e. The monoisotopic (exact) mass is 359 g/mol. The van der Waals surface area contributed by atoms with Gasteiger partial charge in [-0.15, -0.1) is 0 Å². The van der Waals surface area contributed by atoms with Crippen molar-refractivity contribution in [3.8, 4) is 0 Å². The molecule has 0 atom stereocenters. The number of hydrogen-bond acceptors (Lipinski definition) is 3. The first-order valence-electron chi connectivity index (χ1n) is 9.32. The SMILES string of the molecule is CCOC(=O)Cc1ccc(N(Cc2ccccc2)Cc2ccccc2)cc1. The standard InChI is InChI=1S/C24H25NO2/c1-2-27-24(26)17-20-13-15-23(16-14-20)25(18-21-9-5-3-6-10-21)19-22-11-7-4-8-12-22/h3-16H,2,17-19H2,1H3. The highest BCUT2D eigenvalue weighted by molar-refractivity contribution is 5.72. The van der Waals surface area contributed by atoms with E-state index in [1.165, 1.54) is 11.1 Å². The van der Waals surface area contributed by atoms with Gasteiger partial charge in [0.15, 0.2) is 0 Å². The molecule has 0 spiro atoms. The first-order valence-corrected chi connectivity index (χ1v) is 9.32. The van der Waals surface area contributed by atoms with E-state index in [0.29, 0.717) is 13.0 Å². The summed E-state index contributed by atoms with van der Waals surface area (Å²) in [6, 6.07) is 29.1. The van der Waals surface area contributed by atoms with Crippen LogP contribution in [0.25, 0.3) is 0 Å². The van der Waals surface area contributed by atoms with Crippen LogP contribution in [-0.4, -0.2) is 12.6 Å². The summed E-state index contributed by atoms with van der Waals surface area (Å²) in [5.41, 5.74) is 4.64. The van der Waals surface area contributed by atoms with Gasteiger partial charge >= 0.3 is 5.97 Å². The Hall–Kier alpha value is -3.07. The normalized spacial score (nSPS) is 10.4. The predicted molar refractivity (Wildman–Crippen MR) is 110 cm³/mol. The highest BCUT2D eigenvalue weighted by Gasteiger charge is 2.10. The Balaban J connectivity index is 1.78. The van der Waals surface area contributed by atoms with Crippen LogP contribution in [-0.2, 0) is 29.0 Å². The summed E-state index contributed by atoms with van der Waals surface area (Å²) in [5.74, 6) is -0.185. The Morgan fingerprint density at radius 2 is 1.26 bits per heavy atom. The van der Waals surface area contributed by atoms with Crippen LogP contribution in [0.2, 0.25) is 0 Å². The Bertz CT molecular complexity index is 788. The fourth-order valence-corrected chi connectivity index (χ4v) is 3.05. The molecule has 3 nitrogen and oxygen atoms in total. The van der Waals surface area contributed by atoms with Crippen molar-refractivity contribution in [3.05, 3.63) is 102 Å². The lowest BCUT2D eigenvalue weighted by atomic mass is 10.1. The van der Waals surface area contributed by atoms with E-state index >= 15 is 0 Å². The molecule has 3 aromatic carbocycles. The molecule has 0 N–H and O–H groups in total. The molecule has 0 aliphatic heterocycles. The van der Waals surface area contributed by atoms with Crippen LogP contribution in [0.1, 0.15) is 23.6 Å². The first kappa shape index (κ1) is 18.7. The lowest BCUT2D eigenvalue weighted by Gasteiger charge is -2.25. The number of anilines is 1. The van der Waals surface area contributed by atoms with Crippen molar-refractivity contribution < 1.29 is 9.53 Å². The van der Waals surface area contributed by atoms with E-state index in [2.05, 4.69) is 65.6 Å². The van der Waals surface area contributed by atoms with Crippen molar-refractivity contribution in [1.82, 2.24) is 0 Å². The van der Waals surface area contributed by atoms with Gasteiger partial charge < -0.3 is 9.64 Å². The van der Waals surface area contributed by atoms with Crippen molar-refractivity contribution >= 4 is 11.7 Å². The number of benzene rings is 3. The van der Waals surface area contributed by atoms with Gasteiger partial charge in [-0.25, -0.2) is 0 Å². The fraction of sp³-hybridized carbons (Fsp3) is 0.208. The third-order valence-electron chi connectivity index (χ3n) is 4.39. The summed E-state index contributed by atoms with van der Waals surface area (Å²) in [5, 5.41) is 0. The maximum Gasteiger partial charge on any atom is 0.310 e. The fourth-order valence-electron chi connectivity index (χ4n) is 3.05. The van der Waals surface area contributed by atoms with E-state index in [4.69, 9.17) is 4.74 Å². The van der Waals surface area contributed by atoms with Crippen LogP contribution in [0.5, 0.6) is 0 Å². The molecule has 0 aromatic heterocycles. The second-order valence-electron chi connectivity index (χ2n) is 6.48. The van der Waals surface area contributed by atoms with Gasteiger partial charge in [0, 0.05) is 18.8 Å². The quantitative estimate of drug-likeness (QED) is 0.530. The third-order valence-corrected chi connectivity index (χ3v) is 4.39. The zero-order valence-corrected chi connectivity index (χ0v) is 15.7. The Labute approximate surface area is 161 Å². The van der Waals surface area contributed by atoms with Gasteiger partial charge in [0.1, 0.15) is 0 Å². The third kappa shape index (κ3) is 5.71. The summed E-state index contributed by atoms with van der Waals surface area (Å²) in [4.78, 5) is 14.0. The summed E-state index contributed by atoms with van der Waals surface area (Å²) in [7, 11) is 0. The van der Waals surface area contributed by atoms with Gasteiger partial charge in [-0.3, -0.25) is 4.79 Å². The average molecular weight is 359 g/mol. The minimum atomic E-state index is -0.185. The highest BCUT2D eigenvalue weighted by atomic mass is 16.5. The molecule has 0 saturated carbocycles. The molecule has 0 saturated heterocycles. The molecule has 27 heavy (non-hydrogen) atoms. The van der Waals surface area contributed by atoms with E-state index in [-0.39, 0.29) is 5.97 Å². The second-order valence-corrected chi connectivity index (χ2v) is 6.48. The van der Waals surface area contributed by atoms with Crippen LogP contribution in [0.3, 0.4) is 0 Å². The summed E-state index contributed by atoms with van der Waals surface area (Å²) in [6.07, 6.45) is 0.311. The van der Waals surface area contributed by atoms with Gasteiger partial charge in [-0.1, -0.05) is 72.8 Å². The van der Waals surface area contributed by atoms with Crippen LogP contribution in [0.4, 0.5) is 5.69 Å². The molecule has 138 valence electrons. The van der Waals surface area contributed by atoms with E-state index in [9.17, 15) is 4.79 Å². The Morgan fingerprint density at radius 1 is 0.741 bits per heavy atom. The number of esters is 1. The molecular weight excluding hydrogens is 334 g/mol. The highest BCUT2D eigenvalue weighted by Crippen LogP contribution is 2.21. The van der Waals surface area contributed by atoms with E-state index < -0.39 is 0 Å². The van der Waals surface area contributed by atoms with E-state index in [1.54, 1.807) is 0 Å². The topological polar surface area (TPSA) is 29.5 Å². The second kappa shape index (κ2) is 9.58. The number of ether oxygens (including phenoxy) is 1. The molecule has 3 rings (SSSR count).